The van der Waals surface area contributed by atoms with Crippen molar-refractivity contribution in [2.75, 3.05) is 13.2 Å². The van der Waals surface area contributed by atoms with Crippen molar-refractivity contribution >= 4 is 27.6 Å². The Morgan fingerprint density at radius 1 is 1.39 bits per heavy atom. The second kappa shape index (κ2) is 6.32. The molecule has 1 aromatic rings. The van der Waals surface area contributed by atoms with E-state index in [4.69, 9.17) is 4.74 Å². The van der Waals surface area contributed by atoms with Gasteiger partial charge in [0.25, 0.3) is 21.6 Å². The van der Waals surface area contributed by atoms with Gasteiger partial charge in [-0.2, -0.15) is 0 Å². The van der Waals surface area contributed by atoms with E-state index in [1.54, 1.807) is 6.92 Å². The third-order valence-corrected chi connectivity index (χ3v) is 5.07. The minimum absolute atomic E-state index is 0.0242. The van der Waals surface area contributed by atoms with Crippen LogP contribution in [0.2, 0.25) is 0 Å². The molecule has 1 aromatic carbocycles. The van der Waals surface area contributed by atoms with Gasteiger partial charge in [-0.15, -0.1) is 0 Å². The third-order valence-electron chi connectivity index (χ3n) is 3.25. The smallest absolute Gasteiger partial charge is 0.305 e. The number of amides is 1. The first-order valence-corrected chi connectivity index (χ1v) is 8.24. The van der Waals surface area contributed by atoms with E-state index in [-0.39, 0.29) is 36.5 Å². The number of sulfonamides is 1. The van der Waals surface area contributed by atoms with Crippen LogP contribution in [0, 0.1) is 10.1 Å². The zero-order chi connectivity index (χ0) is 17.2. The van der Waals surface area contributed by atoms with E-state index in [1.165, 1.54) is 0 Å². The molecule has 0 radical (unpaired) electrons. The second-order valence-electron chi connectivity index (χ2n) is 4.73. The Balaban J connectivity index is 2.20. The zero-order valence-corrected chi connectivity index (χ0v) is 13.0. The number of carbonyl (C=O) groups excluding carboxylic acids is 2. The third kappa shape index (κ3) is 3.16. The van der Waals surface area contributed by atoms with E-state index in [2.05, 4.69) is 0 Å². The van der Waals surface area contributed by atoms with Gasteiger partial charge in [-0.3, -0.25) is 19.7 Å². The van der Waals surface area contributed by atoms with Crippen LogP contribution in [0.5, 0.6) is 0 Å². The summed E-state index contributed by atoms with van der Waals surface area (Å²) in [6, 6.07) is 3.07. The van der Waals surface area contributed by atoms with Crippen molar-refractivity contribution in [3.8, 4) is 0 Å². The zero-order valence-electron chi connectivity index (χ0n) is 12.2. The van der Waals surface area contributed by atoms with Gasteiger partial charge in [0.15, 0.2) is 0 Å². The SMILES string of the molecule is CCOC(=O)CCCN1C(=O)c2ccc([N+](=O)[O-])cc2S1(=O)=O. The molecule has 0 unspecified atom stereocenters. The van der Waals surface area contributed by atoms with Crippen LogP contribution in [-0.4, -0.2) is 42.7 Å². The number of nitrogens with zero attached hydrogens (tertiary/aromatic N) is 2. The normalized spacial score (nSPS) is 15.3. The molecule has 0 aromatic heterocycles. The molecule has 1 aliphatic rings. The maximum Gasteiger partial charge on any atom is 0.305 e. The lowest BCUT2D eigenvalue weighted by atomic mass is 10.2. The largest absolute Gasteiger partial charge is 0.466 e. The molecule has 0 saturated carbocycles. The Morgan fingerprint density at radius 3 is 2.70 bits per heavy atom. The molecule has 0 fully saturated rings. The fourth-order valence-corrected chi connectivity index (χ4v) is 3.83. The molecule has 1 amide bonds. The minimum atomic E-state index is -4.13. The standard InChI is InChI=1S/C13H14N2O7S/c1-2-22-12(16)4-3-7-14-13(17)10-6-5-9(15(18)19)8-11(10)23(14,20)21/h5-6,8H,2-4,7H2,1H3. The van der Waals surface area contributed by atoms with Crippen LogP contribution in [0.3, 0.4) is 0 Å². The van der Waals surface area contributed by atoms with Crippen molar-refractivity contribution in [2.45, 2.75) is 24.7 Å². The Labute approximate surface area is 132 Å². The van der Waals surface area contributed by atoms with Crippen LogP contribution in [-0.2, 0) is 19.6 Å². The maximum atomic E-state index is 12.3. The molecule has 0 saturated heterocycles. The molecule has 10 heteroatoms. The molecule has 0 atom stereocenters. The van der Waals surface area contributed by atoms with E-state index < -0.39 is 32.5 Å². The van der Waals surface area contributed by atoms with Crippen LogP contribution < -0.4 is 0 Å². The molecule has 9 nitrogen and oxygen atoms in total. The number of nitro benzene ring substituents is 1. The lowest BCUT2D eigenvalue weighted by molar-refractivity contribution is -0.385. The monoisotopic (exact) mass is 342 g/mol. The number of non-ortho nitro benzene ring substituents is 1. The van der Waals surface area contributed by atoms with Crippen LogP contribution in [0.15, 0.2) is 23.1 Å². The molecule has 0 bridgehead atoms. The average Bonchev–Trinajstić information content (AvgIpc) is 2.68. The fraction of sp³-hybridized carbons (Fsp3) is 0.385. The van der Waals surface area contributed by atoms with E-state index >= 15 is 0 Å². The molecule has 2 rings (SSSR count). The van der Waals surface area contributed by atoms with Crippen molar-refractivity contribution in [1.29, 1.82) is 0 Å². The molecule has 0 spiro atoms. The number of rotatable bonds is 6. The van der Waals surface area contributed by atoms with E-state index in [0.29, 0.717) is 4.31 Å². The molecule has 0 aliphatic carbocycles. The molecular formula is C13H14N2O7S. The molecule has 0 N–H and O–H groups in total. The van der Waals surface area contributed by atoms with E-state index in [1.807, 2.05) is 0 Å². The number of ether oxygens (including phenoxy) is 1. The average molecular weight is 342 g/mol. The molecule has 23 heavy (non-hydrogen) atoms. The Bertz CT molecular complexity index is 773. The summed E-state index contributed by atoms with van der Waals surface area (Å²) in [4.78, 5) is 33.0. The van der Waals surface area contributed by atoms with E-state index in [0.717, 1.165) is 18.2 Å². The first kappa shape index (κ1) is 16.9. The Hall–Kier alpha value is -2.49. The number of benzene rings is 1. The number of carbonyl (C=O) groups is 2. The van der Waals surface area contributed by atoms with Gasteiger partial charge in [0.2, 0.25) is 0 Å². The summed E-state index contributed by atoms with van der Waals surface area (Å²) in [6.45, 7) is 1.67. The van der Waals surface area contributed by atoms with Gasteiger partial charge < -0.3 is 4.74 Å². The van der Waals surface area contributed by atoms with Gasteiger partial charge in [-0.25, -0.2) is 12.7 Å². The number of fused-ring (bicyclic) bond motifs is 1. The lowest BCUT2D eigenvalue weighted by Crippen LogP contribution is -2.31. The summed E-state index contributed by atoms with van der Waals surface area (Å²) < 4.78 is 30.0. The van der Waals surface area contributed by atoms with E-state index in [9.17, 15) is 28.1 Å². The highest BCUT2D eigenvalue weighted by atomic mass is 32.2. The van der Waals surface area contributed by atoms with Gasteiger partial charge in [-0.05, 0) is 19.4 Å². The summed E-state index contributed by atoms with van der Waals surface area (Å²) in [6.07, 6.45) is 0.0868. The molecule has 1 aliphatic heterocycles. The predicted molar refractivity (Wildman–Crippen MR) is 77.2 cm³/mol. The number of nitro groups is 1. The summed E-state index contributed by atoms with van der Waals surface area (Å²) >= 11 is 0. The minimum Gasteiger partial charge on any atom is -0.466 e. The summed E-state index contributed by atoms with van der Waals surface area (Å²) in [5.74, 6) is -1.23. The summed E-state index contributed by atoms with van der Waals surface area (Å²) in [5.41, 5.74) is -0.514. The van der Waals surface area contributed by atoms with Crippen molar-refractivity contribution in [3.05, 3.63) is 33.9 Å². The first-order chi connectivity index (χ1) is 10.8. The summed E-state index contributed by atoms with van der Waals surface area (Å²) in [5, 5.41) is 10.7. The first-order valence-electron chi connectivity index (χ1n) is 6.80. The number of esters is 1. The Morgan fingerprint density at radius 2 is 2.09 bits per heavy atom. The highest BCUT2D eigenvalue weighted by Crippen LogP contribution is 2.33. The van der Waals surface area contributed by atoms with Crippen molar-refractivity contribution in [1.82, 2.24) is 4.31 Å². The quantitative estimate of drug-likeness (QED) is 0.430. The van der Waals surface area contributed by atoms with Gasteiger partial charge in [0, 0.05) is 25.1 Å². The molecule has 124 valence electrons. The topological polar surface area (TPSA) is 124 Å². The second-order valence-corrected chi connectivity index (χ2v) is 6.56. The highest BCUT2D eigenvalue weighted by Gasteiger charge is 2.41. The Kier molecular flexibility index (Phi) is 4.64. The van der Waals surface area contributed by atoms with Gasteiger partial charge in [0.1, 0.15) is 4.90 Å². The van der Waals surface area contributed by atoms with Gasteiger partial charge in [0.05, 0.1) is 17.1 Å². The fourth-order valence-electron chi connectivity index (χ4n) is 2.20. The number of hydrogen-bond acceptors (Lipinski definition) is 7. The maximum absolute atomic E-state index is 12.3. The lowest BCUT2D eigenvalue weighted by Gasteiger charge is -2.14. The van der Waals surface area contributed by atoms with Crippen LogP contribution in [0.25, 0.3) is 0 Å². The summed E-state index contributed by atoms with van der Waals surface area (Å²) in [7, 11) is -4.13. The van der Waals surface area contributed by atoms with Crippen LogP contribution in [0.1, 0.15) is 30.1 Å². The highest BCUT2D eigenvalue weighted by molar-refractivity contribution is 7.90. The predicted octanol–water partition coefficient (Wildman–Crippen LogP) is 1.08. The van der Waals surface area contributed by atoms with Crippen LogP contribution >= 0.6 is 0 Å². The number of hydrogen-bond donors (Lipinski definition) is 0. The van der Waals surface area contributed by atoms with Crippen molar-refractivity contribution in [2.24, 2.45) is 0 Å². The molecular weight excluding hydrogens is 328 g/mol. The van der Waals surface area contributed by atoms with Crippen molar-refractivity contribution < 1.29 is 27.7 Å². The molecule has 1 heterocycles. The van der Waals surface area contributed by atoms with Crippen LogP contribution in [0.4, 0.5) is 5.69 Å². The van der Waals surface area contributed by atoms with Crippen molar-refractivity contribution in [3.63, 3.8) is 0 Å². The van der Waals surface area contributed by atoms with Gasteiger partial charge in [-0.1, -0.05) is 0 Å². The van der Waals surface area contributed by atoms with Gasteiger partial charge >= 0.3 is 5.97 Å².